The van der Waals surface area contributed by atoms with Gasteiger partial charge in [-0.3, -0.25) is 4.79 Å². The van der Waals surface area contributed by atoms with Gasteiger partial charge in [0, 0.05) is 13.2 Å². The van der Waals surface area contributed by atoms with E-state index >= 15 is 0 Å². The molecule has 0 bridgehead atoms. The minimum Gasteiger partial charge on any atom is -0.452 e. The van der Waals surface area contributed by atoms with Crippen LogP contribution in [0.4, 0.5) is 13.2 Å². The van der Waals surface area contributed by atoms with Crippen molar-refractivity contribution < 1.29 is 32.2 Å². The zero-order chi connectivity index (χ0) is 16.9. The Balaban J connectivity index is 1.81. The molecular weight excluding hydrogens is 315 g/mol. The van der Waals surface area contributed by atoms with Crippen LogP contribution in [0, 0.1) is 0 Å². The molecule has 0 aromatic heterocycles. The molecule has 2 rings (SSSR count). The molecule has 1 aromatic rings. The summed E-state index contributed by atoms with van der Waals surface area (Å²) in [5.41, 5.74) is -1.21. The van der Waals surface area contributed by atoms with Gasteiger partial charge in [-0.2, -0.15) is 13.2 Å². The Kier molecular flexibility index (Phi) is 5.59. The molecular formula is C15H16F3NO4. The smallest absolute Gasteiger partial charge is 0.416 e. The summed E-state index contributed by atoms with van der Waals surface area (Å²) in [4.78, 5) is 23.2. The Labute approximate surface area is 130 Å². The van der Waals surface area contributed by atoms with Crippen LogP contribution in [0.5, 0.6) is 0 Å². The van der Waals surface area contributed by atoms with E-state index in [0.717, 1.165) is 25.0 Å². The fraction of sp³-hybridized carbons (Fsp3) is 0.467. The van der Waals surface area contributed by atoms with Gasteiger partial charge in [-0.1, -0.05) is 6.07 Å². The van der Waals surface area contributed by atoms with Crippen LogP contribution >= 0.6 is 0 Å². The number of ether oxygens (including phenoxy) is 2. The maximum atomic E-state index is 12.6. The van der Waals surface area contributed by atoms with Crippen LogP contribution in [0.3, 0.4) is 0 Å². The van der Waals surface area contributed by atoms with Crippen molar-refractivity contribution in [2.45, 2.75) is 25.1 Å². The summed E-state index contributed by atoms with van der Waals surface area (Å²) in [6.45, 7) is 0.423. The van der Waals surface area contributed by atoms with Gasteiger partial charge in [-0.05, 0) is 31.0 Å². The van der Waals surface area contributed by atoms with Gasteiger partial charge >= 0.3 is 12.1 Å². The first kappa shape index (κ1) is 17.3. The standard InChI is InChI=1S/C15H16F3NO4/c16-15(17,18)11-4-1-3-10(7-11)14(21)23-9-13(20)19-8-12-5-2-6-22-12/h1,3-4,7,12H,2,5-6,8-9H2,(H,19,20)/t12-/m1/s1. The molecule has 1 aliphatic heterocycles. The highest BCUT2D eigenvalue weighted by Gasteiger charge is 2.31. The maximum absolute atomic E-state index is 12.6. The minimum absolute atomic E-state index is 0.0434. The van der Waals surface area contributed by atoms with E-state index < -0.39 is 30.2 Å². The van der Waals surface area contributed by atoms with Crippen LogP contribution in [-0.2, 0) is 20.4 Å². The predicted octanol–water partition coefficient (Wildman–Crippen LogP) is 2.16. The molecule has 126 valence electrons. The van der Waals surface area contributed by atoms with Crippen molar-refractivity contribution in [2.24, 2.45) is 0 Å². The second kappa shape index (κ2) is 7.45. The number of hydrogen-bond acceptors (Lipinski definition) is 4. The zero-order valence-corrected chi connectivity index (χ0v) is 12.2. The normalized spacial score (nSPS) is 17.8. The highest BCUT2D eigenvalue weighted by Crippen LogP contribution is 2.29. The van der Waals surface area contributed by atoms with Crippen LogP contribution in [0.2, 0.25) is 0 Å². The number of benzene rings is 1. The Hall–Kier alpha value is -2.09. The van der Waals surface area contributed by atoms with Crippen molar-refractivity contribution in [1.82, 2.24) is 5.32 Å². The Bertz CT molecular complexity index is 568. The van der Waals surface area contributed by atoms with E-state index in [4.69, 9.17) is 9.47 Å². The molecule has 5 nitrogen and oxygen atoms in total. The Morgan fingerprint density at radius 2 is 2.13 bits per heavy atom. The first-order valence-corrected chi connectivity index (χ1v) is 7.09. The van der Waals surface area contributed by atoms with Gasteiger partial charge in [0.1, 0.15) is 0 Å². The average molecular weight is 331 g/mol. The second-order valence-electron chi connectivity index (χ2n) is 5.09. The summed E-state index contributed by atoms with van der Waals surface area (Å²) in [7, 11) is 0. The van der Waals surface area contributed by atoms with Gasteiger partial charge < -0.3 is 14.8 Å². The molecule has 1 atom stereocenters. The molecule has 1 fully saturated rings. The van der Waals surface area contributed by atoms with Crippen molar-refractivity contribution in [1.29, 1.82) is 0 Å². The molecule has 1 heterocycles. The molecule has 8 heteroatoms. The van der Waals surface area contributed by atoms with Crippen molar-refractivity contribution >= 4 is 11.9 Å². The fourth-order valence-corrected chi connectivity index (χ4v) is 2.12. The highest BCUT2D eigenvalue weighted by molar-refractivity contribution is 5.91. The quantitative estimate of drug-likeness (QED) is 0.840. The number of nitrogens with one attached hydrogen (secondary N) is 1. The molecule has 1 N–H and O–H groups in total. The summed E-state index contributed by atoms with van der Waals surface area (Å²) >= 11 is 0. The van der Waals surface area contributed by atoms with Crippen molar-refractivity contribution in [3.8, 4) is 0 Å². The predicted molar refractivity (Wildman–Crippen MR) is 73.7 cm³/mol. The van der Waals surface area contributed by atoms with E-state index in [1.54, 1.807) is 0 Å². The molecule has 0 unspecified atom stereocenters. The largest absolute Gasteiger partial charge is 0.452 e. The molecule has 23 heavy (non-hydrogen) atoms. The molecule has 1 aromatic carbocycles. The average Bonchev–Trinajstić information content (AvgIpc) is 3.03. The molecule has 0 radical (unpaired) electrons. The zero-order valence-electron chi connectivity index (χ0n) is 12.2. The van der Waals surface area contributed by atoms with E-state index in [-0.39, 0.29) is 11.7 Å². The van der Waals surface area contributed by atoms with Crippen LogP contribution in [0.15, 0.2) is 24.3 Å². The van der Waals surface area contributed by atoms with Gasteiger partial charge in [-0.25, -0.2) is 4.79 Å². The lowest BCUT2D eigenvalue weighted by Crippen LogP contribution is -2.34. The van der Waals surface area contributed by atoms with Crippen LogP contribution in [0.25, 0.3) is 0 Å². The SMILES string of the molecule is O=C(COC(=O)c1cccc(C(F)(F)F)c1)NC[C@H]1CCCO1. The van der Waals surface area contributed by atoms with Crippen molar-refractivity contribution in [2.75, 3.05) is 19.8 Å². The van der Waals surface area contributed by atoms with E-state index in [1.165, 1.54) is 6.07 Å². The lowest BCUT2D eigenvalue weighted by Gasteiger charge is -2.11. The van der Waals surface area contributed by atoms with Gasteiger partial charge in [0.2, 0.25) is 0 Å². The van der Waals surface area contributed by atoms with Crippen LogP contribution in [-0.4, -0.2) is 37.7 Å². The summed E-state index contributed by atoms with van der Waals surface area (Å²) in [5, 5.41) is 2.55. The molecule has 1 saturated heterocycles. The summed E-state index contributed by atoms with van der Waals surface area (Å²) < 4.78 is 47.7. The second-order valence-corrected chi connectivity index (χ2v) is 5.09. The topological polar surface area (TPSA) is 64.6 Å². The van der Waals surface area contributed by atoms with Crippen LogP contribution in [0.1, 0.15) is 28.8 Å². The number of hydrogen-bond donors (Lipinski definition) is 1. The fourth-order valence-electron chi connectivity index (χ4n) is 2.12. The van der Waals surface area contributed by atoms with E-state index in [1.807, 2.05) is 0 Å². The third kappa shape index (κ3) is 5.24. The number of halogens is 3. The highest BCUT2D eigenvalue weighted by atomic mass is 19.4. The third-order valence-corrected chi connectivity index (χ3v) is 3.31. The van der Waals surface area contributed by atoms with Gasteiger partial charge in [0.25, 0.3) is 5.91 Å². The maximum Gasteiger partial charge on any atom is 0.416 e. The van der Waals surface area contributed by atoms with Gasteiger partial charge in [0.15, 0.2) is 6.61 Å². The van der Waals surface area contributed by atoms with E-state index in [9.17, 15) is 22.8 Å². The van der Waals surface area contributed by atoms with Gasteiger partial charge in [0.05, 0.1) is 17.2 Å². The number of esters is 1. The molecule has 0 aliphatic carbocycles. The summed E-state index contributed by atoms with van der Waals surface area (Å²) in [6, 6.07) is 3.84. The summed E-state index contributed by atoms with van der Waals surface area (Å²) in [6.07, 6.45) is -2.80. The monoisotopic (exact) mass is 331 g/mol. The van der Waals surface area contributed by atoms with E-state index in [2.05, 4.69) is 5.32 Å². The molecule has 0 saturated carbocycles. The molecule has 1 aliphatic rings. The number of rotatable bonds is 5. The first-order valence-electron chi connectivity index (χ1n) is 7.09. The van der Waals surface area contributed by atoms with E-state index in [0.29, 0.717) is 19.2 Å². The minimum atomic E-state index is -4.55. The molecule has 1 amide bonds. The Morgan fingerprint density at radius 3 is 2.78 bits per heavy atom. The summed E-state index contributed by atoms with van der Waals surface area (Å²) in [5.74, 6) is -1.51. The van der Waals surface area contributed by atoms with Crippen molar-refractivity contribution in [3.05, 3.63) is 35.4 Å². The number of amides is 1. The van der Waals surface area contributed by atoms with Crippen molar-refractivity contribution in [3.63, 3.8) is 0 Å². The third-order valence-electron chi connectivity index (χ3n) is 3.31. The Morgan fingerprint density at radius 1 is 1.35 bits per heavy atom. The number of carbonyl (C=O) groups is 2. The first-order chi connectivity index (χ1) is 10.9. The van der Waals surface area contributed by atoms with Crippen LogP contribution < -0.4 is 5.32 Å². The lowest BCUT2D eigenvalue weighted by atomic mass is 10.1. The van der Waals surface area contributed by atoms with Gasteiger partial charge in [-0.15, -0.1) is 0 Å². The number of alkyl halides is 3. The lowest BCUT2D eigenvalue weighted by molar-refractivity contribution is -0.137. The number of carbonyl (C=O) groups excluding carboxylic acids is 2. The molecule has 0 spiro atoms.